The highest BCUT2D eigenvalue weighted by Gasteiger charge is 2.35. The van der Waals surface area contributed by atoms with Gasteiger partial charge in [0, 0.05) is 18.1 Å². The highest BCUT2D eigenvalue weighted by atomic mass is 32.1. The molecule has 0 radical (unpaired) electrons. The van der Waals surface area contributed by atoms with Crippen LogP contribution in [-0.4, -0.2) is 18.1 Å². The number of hydrogen-bond acceptors (Lipinski definition) is 4. The van der Waals surface area contributed by atoms with Gasteiger partial charge in [0.15, 0.2) is 0 Å². The molecule has 84 valence electrons. The summed E-state index contributed by atoms with van der Waals surface area (Å²) >= 11 is 1.71. The van der Waals surface area contributed by atoms with E-state index in [0.717, 1.165) is 13.1 Å². The van der Waals surface area contributed by atoms with Crippen molar-refractivity contribution in [2.24, 2.45) is 11.1 Å². The smallest absolute Gasteiger partial charge is 0.109 e. The van der Waals surface area contributed by atoms with Gasteiger partial charge in [-0.05, 0) is 31.7 Å². The fraction of sp³-hybridized carbons (Fsp3) is 0.727. The molecule has 0 bridgehead atoms. The second kappa shape index (κ2) is 4.60. The van der Waals surface area contributed by atoms with Crippen molar-refractivity contribution in [1.82, 2.24) is 10.3 Å². The molecule has 0 aliphatic heterocycles. The Bertz CT molecular complexity index is 287. The standard InChI is InChI=1S/C11H19N3S/c1-9(10-13-5-6-15-10)14-8-11(7-12)3-2-4-11/h5-6,9,14H,2-4,7-8,12H2,1H3. The number of aromatic nitrogens is 1. The first-order chi connectivity index (χ1) is 7.26. The summed E-state index contributed by atoms with van der Waals surface area (Å²) in [5.74, 6) is 0. The maximum atomic E-state index is 5.82. The van der Waals surface area contributed by atoms with Crippen molar-refractivity contribution >= 4 is 11.3 Å². The Morgan fingerprint density at radius 2 is 2.47 bits per heavy atom. The van der Waals surface area contributed by atoms with Crippen LogP contribution in [-0.2, 0) is 0 Å². The van der Waals surface area contributed by atoms with E-state index in [1.165, 1.54) is 24.3 Å². The molecule has 1 fully saturated rings. The first kappa shape index (κ1) is 11.0. The third-order valence-corrected chi connectivity index (χ3v) is 4.41. The highest BCUT2D eigenvalue weighted by molar-refractivity contribution is 7.09. The Labute approximate surface area is 95.1 Å². The Kier molecular flexibility index (Phi) is 3.38. The van der Waals surface area contributed by atoms with Crippen molar-refractivity contribution in [3.63, 3.8) is 0 Å². The van der Waals surface area contributed by atoms with E-state index in [1.54, 1.807) is 11.3 Å². The minimum atomic E-state index is 0.356. The van der Waals surface area contributed by atoms with Crippen LogP contribution < -0.4 is 11.1 Å². The van der Waals surface area contributed by atoms with Crippen LogP contribution in [0.2, 0.25) is 0 Å². The first-order valence-electron chi connectivity index (χ1n) is 5.59. The molecule has 0 spiro atoms. The zero-order chi connectivity index (χ0) is 10.7. The van der Waals surface area contributed by atoms with Gasteiger partial charge in [0.25, 0.3) is 0 Å². The summed E-state index contributed by atoms with van der Waals surface area (Å²) < 4.78 is 0. The Balaban J connectivity index is 1.82. The van der Waals surface area contributed by atoms with Crippen LogP contribution in [0, 0.1) is 5.41 Å². The molecule has 1 aromatic rings. The Morgan fingerprint density at radius 3 is 2.93 bits per heavy atom. The summed E-state index contributed by atoms with van der Waals surface area (Å²) in [7, 11) is 0. The molecule has 3 N–H and O–H groups in total. The quantitative estimate of drug-likeness (QED) is 0.805. The number of rotatable bonds is 5. The monoisotopic (exact) mass is 225 g/mol. The van der Waals surface area contributed by atoms with Crippen LogP contribution in [0.3, 0.4) is 0 Å². The summed E-state index contributed by atoms with van der Waals surface area (Å²) in [6, 6.07) is 0.356. The SMILES string of the molecule is CC(NCC1(CN)CCC1)c1nccs1. The van der Waals surface area contributed by atoms with E-state index in [4.69, 9.17) is 5.73 Å². The minimum Gasteiger partial charge on any atom is -0.330 e. The zero-order valence-corrected chi connectivity index (χ0v) is 10.0. The molecule has 1 unspecified atom stereocenters. The van der Waals surface area contributed by atoms with E-state index >= 15 is 0 Å². The lowest BCUT2D eigenvalue weighted by molar-refractivity contribution is 0.136. The molecule has 15 heavy (non-hydrogen) atoms. The van der Waals surface area contributed by atoms with E-state index in [1.807, 2.05) is 11.6 Å². The molecule has 1 aliphatic carbocycles. The lowest BCUT2D eigenvalue weighted by Crippen LogP contribution is -2.45. The van der Waals surface area contributed by atoms with Gasteiger partial charge in [0.1, 0.15) is 5.01 Å². The molecule has 1 heterocycles. The molecular weight excluding hydrogens is 206 g/mol. The van der Waals surface area contributed by atoms with E-state index in [-0.39, 0.29) is 0 Å². The Morgan fingerprint density at radius 1 is 1.67 bits per heavy atom. The van der Waals surface area contributed by atoms with Gasteiger partial charge in [0.05, 0.1) is 6.04 Å². The van der Waals surface area contributed by atoms with Gasteiger partial charge in [-0.2, -0.15) is 0 Å². The number of nitrogens with one attached hydrogen (secondary N) is 1. The molecule has 0 amide bonds. The van der Waals surface area contributed by atoms with Crippen molar-refractivity contribution < 1.29 is 0 Å². The average Bonchev–Trinajstić information content (AvgIpc) is 2.69. The molecule has 1 aromatic heterocycles. The summed E-state index contributed by atoms with van der Waals surface area (Å²) in [4.78, 5) is 4.31. The van der Waals surface area contributed by atoms with Gasteiger partial charge in [-0.1, -0.05) is 6.42 Å². The molecule has 1 saturated carbocycles. The van der Waals surface area contributed by atoms with Crippen molar-refractivity contribution in [3.05, 3.63) is 16.6 Å². The van der Waals surface area contributed by atoms with Crippen molar-refractivity contribution in [2.45, 2.75) is 32.2 Å². The maximum absolute atomic E-state index is 5.82. The fourth-order valence-corrected chi connectivity index (χ4v) is 2.71. The van der Waals surface area contributed by atoms with Crippen LogP contribution >= 0.6 is 11.3 Å². The topological polar surface area (TPSA) is 50.9 Å². The van der Waals surface area contributed by atoms with Crippen LogP contribution in [0.4, 0.5) is 0 Å². The molecule has 1 atom stereocenters. The van der Waals surface area contributed by atoms with Gasteiger partial charge in [-0.3, -0.25) is 0 Å². The van der Waals surface area contributed by atoms with Gasteiger partial charge >= 0.3 is 0 Å². The molecule has 3 nitrogen and oxygen atoms in total. The molecule has 0 aromatic carbocycles. The van der Waals surface area contributed by atoms with Crippen LogP contribution in [0.25, 0.3) is 0 Å². The summed E-state index contributed by atoms with van der Waals surface area (Å²) in [6.07, 6.45) is 5.76. The summed E-state index contributed by atoms with van der Waals surface area (Å²) in [6.45, 7) is 4.01. The van der Waals surface area contributed by atoms with Crippen molar-refractivity contribution in [2.75, 3.05) is 13.1 Å². The molecule has 1 aliphatic rings. The van der Waals surface area contributed by atoms with Gasteiger partial charge in [-0.25, -0.2) is 4.98 Å². The third-order valence-electron chi connectivity index (χ3n) is 3.45. The van der Waals surface area contributed by atoms with Crippen molar-refractivity contribution in [1.29, 1.82) is 0 Å². The lowest BCUT2D eigenvalue weighted by atomic mass is 9.69. The van der Waals surface area contributed by atoms with E-state index in [2.05, 4.69) is 17.2 Å². The summed E-state index contributed by atoms with van der Waals surface area (Å²) in [5, 5.41) is 6.74. The average molecular weight is 225 g/mol. The third kappa shape index (κ3) is 2.38. The molecule has 0 saturated heterocycles. The second-order valence-electron chi connectivity index (χ2n) is 4.53. The van der Waals surface area contributed by atoms with E-state index < -0.39 is 0 Å². The Hall–Kier alpha value is -0.450. The van der Waals surface area contributed by atoms with Gasteiger partial charge < -0.3 is 11.1 Å². The predicted molar refractivity (Wildman–Crippen MR) is 63.9 cm³/mol. The van der Waals surface area contributed by atoms with Gasteiger partial charge in [-0.15, -0.1) is 11.3 Å². The predicted octanol–water partition coefficient (Wildman–Crippen LogP) is 1.92. The number of thiazole rings is 1. The molecular formula is C11H19N3S. The van der Waals surface area contributed by atoms with Crippen LogP contribution in [0.15, 0.2) is 11.6 Å². The zero-order valence-electron chi connectivity index (χ0n) is 9.20. The van der Waals surface area contributed by atoms with Crippen LogP contribution in [0.1, 0.15) is 37.2 Å². The lowest BCUT2D eigenvalue weighted by Gasteiger charge is -2.41. The fourth-order valence-electron chi connectivity index (χ4n) is 2.04. The highest BCUT2D eigenvalue weighted by Crippen LogP contribution is 2.39. The molecule has 2 rings (SSSR count). The largest absolute Gasteiger partial charge is 0.330 e. The maximum Gasteiger partial charge on any atom is 0.109 e. The van der Waals surface area contributed by atoms with Gasteiger partial charge in [0.2, 0.25) is 0 Å². The number of hydrogen-bond donors (Lipinski definition) is 2. The molecule has 4 heteroatoms. The normalized spacial score (nSPS) is 20.9. The second-order valence-corrected chi connectivity index (χ2v) is 5.46. The van der Waals surface area contributed by atoms with Crippen LogP contribution in [0.5, 0.6) is 0 Å². The number of nitrogens with two attached hydrogens (primary N) is 1. The van der Waals surface area contributed by atoms with E-state index in [9.17, 15) is 0 Å². The van der Waals surface area contributed by atoms with Crippen molar-refractivity contribution in [3.8, 4) is 0 Å². The minimum absolute atomic E-state index is 0.356. The summed E-state index contributed by atoms with van der Waals surface area (Å²) in [5.41, 5.74) is 6.20. The number of nitrogens with zero attached hydrogens (tertiary/aromatic N) is 1. The van der Waals surface area contributed by atoms with E-state index in [0.29, 0.717) is 11.5 Å². The first-order valence-corrected chi connectivity index (χ1v) is 6.47.